The molecular weight excluding hydrogens is 254 g/mol. The van der Waals surface area contributed by atoms with Gasteiger partial charge in [0.15, 0.2) is 0 Å². The predicted octanol–water partition coefficient (Wildman–Crippen LogP) is 1.57. The lowest BCUT2D eigenvalue weighted by Crippen LogP contribution is -2.12. The number of benzene rings is 1. The zero-order valence-electron chi connectivity index (χ0n) is 11.5. The van der Waals surface area contributed by atoms with Crippen LogP contribution in [0.4, 0.5) is 0 Å². The highest BCUT2D eigenvalue weighted by Crippen LogP contribution is 2.07. The van der Waals surface area contributed by atoms with Crippen molar-refractivity contribution in [3.05, 3.63) is 47.3 Å². The van der Waals surface area contributed by atoms with Gasteiger partial charge < -0.3 is 10.9 Å². The van der Waals surface area contributed by atoms with Crippen LogP contribution < -0.4 is 5.73 Å². The molecule has 0 aliphatic carbocycles. The van der Waals surface area contributed by atoms with Crippen LogP contribution in [0.1, 0.15) is 30.2 Å². The van der Waals surface area contributed by atoms with Crippen molar-refractivity contribution in [2.24, 2.45) is 10.9 Å². The van der Waals surface area contributed by atoms with Crippen LogP contribution in [0.15, 0.2) is 35.6 Å². The number of hydrogen-bond donors (Lipinski definition) is 2. The summed E-state index contributed by atoms with van der Waals surface area (Å²) in [4.78, 5) is 0. The fourth-order valence-corrected chi connectivity index (χ4v) is 1.90. The second-order valence-corrected chi connectivity index (χ2v) is 4.67. The zero-order chi connectivity index (χ0) is 14.4. The highest BCUT2D eigenvalue weighted by molar-refractivity contribution is 5.79. The van der Waals surface area contributed by atoms with Gasteiger partial charge in [0.2, 0.25) is 0 Å². The van der Waals surface area contributed by atoms with Crippen LogP contribution in [0.2, 0.25) is 0 Å². The average molecular weight is 273 g/mol. The molecule has 0 amide bonds. The molecule has 0 spiro atoms. The van der Waals surface area contributed by atoms with E-state index < -0.39 is 0 Å². The predicted molar refractivity (Wildman–Crippen MR) is 76.7 cm³/mol. The number of nitrogens with two attached hydrogens (primary N) is 1. The molecule has 0 unspecified atom stereocenters. The van der Waals surface area contributed by atoms with Crippen LogP contribution >= 0.6 is 0 Å². The molecular formula is C14H19N5O. The minimum absolute atomic E-state index is 0.203. The third-order valence-electron chi connectivity index (χ3n) is 3.13. The molecule has 106 valence electrons. The second-order valence-electron chi connectivity index (χ2n) is 4.67. The van der Waals surface area contributed by atoms with Crippen molar-refractivity contribution in [3.63, 3.8) is 0 Å². The molecule has 0 radical (unpaired) electrons. The molecule has 2 aromatic rings. The molecule has 6 nitrogen and oxygen atoms in total. The van der Waals surface area contributed by atoms with Crippen LogP contribution in [0.5, 0.6) is 0 Å². The first-order valence-corrected chi connectivity index (χ1v) is 6.64. The maximum absolute atomic E-state index is 8.48. The average Bonchev–Trinajstić information content (AvgIpc) is 2.93. The molecule has 0 bridgehead atoms. The van der Waals surface area contributed by atoms with Crippen LogP contribution in [0.25, 0.3) is 0 Å². The maximum Gasteiger partial charge on any atom is 0.139 e. The molecule has 0 fully saturated rings. The lowest BCUT2D eigenvalue weighted by atomic mass is 10.1. The lowest BCUT2D eigenvalue weighted by molar-refractivity contribution is 0.317. The quantitative estimate of drug-likeness (QED) is 0.362. The Balaban J connectivity index is 1.94. The van der Waals surface area contributed by atoms with Gasteiger partial charge in [0.1, 0.15) is 5.84 Å². The number of aryl methyl sites for hydroxylation is 2. The second kappa shape index (κ2) is 6.70. The number of aromatic nitrogens is 3. The van der Waals surface area contributed by atoms with Gasteiger partial charge in [-0.1, -0.05) is 41.6 Å². The van der Waals surface area contributed by atoms with Crippen molar-refractivity contribution in [1.29, 1.82) is 0 Å². The Morgan fingerprint density at radius 1 is 1.30 bits per heavy atom. The summed E-state index contributed by atoms with van der Waals surface area (Å²) < 4.78 is 1.79. The fourth-order valence-electron chi connectivity index (χ4n) is 1.90. The van der Waals surface area contributed by atoms with Crippen molar-refractivity contribution in [2.45, 2.75) is 32.7 Å². The molecule has 20 heavy (non-hydrogen) atoms. The molecule has 1 heterocycles. The lowest BCUT2D eigenvalue weighted by Gasteiger charge is -2.02. The van der Waals surface area contributed by atoms with E-state index in [2.05, 4.69) is 46.7 Å². The standard InChI is InChI=1S/C14H19N5O/c1-2-11-3-5-12(6-4-11)9-19-10-13(16-18-19)7-8-14(15)17-20/h3-6,10,20H,2,7-9H2,1H3,(H2,15,17). The Morgan fingerprint density at radius 3 is 2.65 bits per heavy atom. The van der Waals surface area contributed by atoms with E-state index in [-0.39, 0.29) is 5.84 Å². The van der Waals surface area contributed by atoms with Crippen molar-refractivity contribution < 1.29 is 5.21 Å². The fraction of sp³-hybridized carbons (Fsp3) is 0.357. The SMILES string of the molecule is CCc1ccc(Cn2cc(CC/C(N)=N/O)nn2)cc1. The first-order valence-electron chi connectivity index (χ1n) is 6.64. The van der Waals surface area contributed by atoms with Gasteiger partial charge >= 0.3 is 0 Å². The molecule has 0 atom stereocenters. The van der Waals surface area contributed by atoms with Crippen LogP contribution in [-0.4, -0.2) is 26.0 Å². The van der Waals surface area contributed by atoms with Gasteiger partial charge in [-0.05, 0) is 17.5 Å². The van der Waals surface area contributed by atoms with Crippen molar-refractivity contribution >= 4 is 5.84 Å². The number of amidine groups is 1. The molecule has 1 aromatic carbocycles. The minimum atomic E-state index is 0.203. The molecule has 0 aliphatic rings. The molecule has 6 heteroatoms. The smallest absolute Gasteiger partial charge is 0.139 e. The molecule has 3 N–H and O–H groups in total. The summed E-state index contributed by atoms with van der Waals surface area (Å²) in [6, 6.07) is 8.48. The van der Waals surface area contributed by atoms with Gasteiger partial charge in [0, 0.05) is 19.0 Å². The summed E-state index contributed by atoms with van der Waals surface area (Å²) in [6.45, 7) is 2.83. The van der Waals surface area contributed by atoms with Gasteiger partial charge in [-0.2, -0.15) is 0 Å². The maximum atomic E-state index is 8.48. The van der Waals surface area contributed by atoms with Gasteiger partial charge in [0.05, 0.1) is 12.2 Å². The first kappa shape index (κ1) is 14.0. The van der Waals surface area contributed by atoms with Crippen LogP contribution in [0.3, 0.4) is 0 Å². The van der Waals surface area contributed by atoms with E-state index in [1.165, 1.54) is 11.1 Å². The van der Waals surface area contributed by atoms with E-state index in [1.54, 1.807) is 4.68 Å². The number of hydrogen-bond acceptors (Lipinski definition) is 4. The van der Waals surface area contributed by atoms with E-state index in [0.717, 1.165) is 12.1 Å². The molecule has 0 saturated heterocycles. The summed E-state index contributed by atoms with van der Waals surface area (Å²) in [7, 11) is 0. The number of oxime groups is 1. The Kier molecular flexibility index (Phi) is 4.70. The largest absolute Gasteiger partial charge is 0.409 e. The van der Waals surface area contributed by atoms with Gasteiger partial charge in [-0.3, -0.25) is 0 Å². The molecule has 1 aromatic heterocycles. The first-order chi connectivity index (χ1) is 9.71. The summed E-state index contributed by atoms with van der Waals surface area (Å²) in [6.07, 6.45) is 4.02. The van der Waals surface area contributed by atoms with Crippen molar-refractivity contribution in [2.75, 3.05) is 0 Å². The van der Waals surface area contributed by atoms with E-state index >= 15 is 0 Å². The topological polar surface area (TPSA) is 89.3 Å². The summed E-state index contributed by atoms with van der Waals surface area (Å²) in [5.41, 5.74) is 8.77. The highest BCUT2D eigenvalue weighted by atomic mass is 16.4. The van der Waals surface area contributed by atoms with E-state index in [1.807, 2.05) is 6.20 Å². The Bertz CT molecular complexity index is 574. The van der Waals surface area contributed by atoms with Crippen LogP contribution in [0, 0.1) is 0 Å². The zero-order valence-corrected chi connectivity index (χ0v) is 11.5. The highest BCUT2D eigenvalue weighted by Gasteiger charge is 2.03. The van der Waals surface area contributed by atoms with E-state index in [0.29, 0.717) is 19.4 Å². The number of rotatable bonds is 6. The molecule has 2 rings (SSSR count). The van der Waals surface area contributed by atoms with Gasteiger partial charge in [0.25, 0.3) is 0 Å². The summed E-state index contributed by atoms with van der Waals surface area (Å²) >= 11 is 0. The normalized spacial score (nSPS) is 11.8. The number of nitrogens with zero attached hydrogens (tertiary/aromatic N) is 4. The van der Waals surface area contributed by atoms with Crippen molar-refractivity contribution in [1.82, 2.24) is 15.0 Å². The monoisotopic (exact) mass is 273 g/mol. The molecule has 0 aliphatic heterocycles. The van der Waals surface area contributed by atoms with E-state index in [4.69, 9.17) is 10.9 Å². The molecule has 0 saturated carbocycles. The Labute approximate surface area is 117 Å². The third kappa shape index (κ3) is 3.81. The van der Waals surface area contributed by atoms with Crippen molar-refractivity contribution in [3.8, 4) is 0 Å². The Hall–Kier alpha value is -2.37. The van der Waals surface area contributed by atoms with E-state index in [9.17, 15) is 0 Å². The van der Waals surface area contributed by atoms with Gasteiger partial charge in [-0.15, -0.1) is 5.10 Å². The summed E-state index contributed by atoms with van der Waals surface area (Å²) in [5.74, 6) is 0.203. The minimum Gasteiger partial charge on any atom is -0.409 e. The third-order valence-corrected chi connectivity index (χ3v) is 3.13. The summed E-state index contributed by atoms with van der Waals surface area (Å²) in [5, 5.41) is 19.6. The van der Waals surface area contributed by atoms with Crippen LogP contribution in [-0.2, 0) is 19.4 Å². The Morgan fingerprint density at radius 2 is 2.00 bits per heavy atom. The van der Waals surface area contributed by atoms with Gasteiger partial charge in [-0.25, -0.2) is 4.68 Å².